The third kappa shape index (κ3) is 5.74. The Morgan fingerprint density at radius 3 is 2.41 bits per heavy atom. The maximum atomic E-state index is 13.4. The molecule has 1 aliphatic rings. The molecule has 39 heavy (non-hydrogen) atoms. The van der Waals surface area contributed by atoms with Crippen LogP contribution >= 0.6 is 0 Å². The average molecular weight is 541 g/mol. The number of pyridine rings is 1. The highest BCUT2D eigenvalue weighted by Gasteiger charge is 2.47. The molecule has 0 bridgehead atoms. The van der Waals surface area contributed by atoms with Gasteiger partial charge in [-0.1, -0.05) is 32.9 Å². The third-order valence-electron chi connectivity index (χ3n) is 6.13. The van der Waals surface area contributed by atoms with Crippen molar-refractivity contribution >= 4 is 23.1 Å². The van der Waals surface area contributed by atoms with Crippen molar-refractivity contribution in [3.05, 3.63) is 89.3 Å². The molecule has 0 aliphatic carbocycles. The minimum atomic E-state index is -4.95. The van der Waals surface area contributed by atoms with Gasteiger partial charge in [-0.15, -0.1) is 13.2 Å². The molecular formula is C29H27F3N2O5. The van der Waals surface area contributed by atoms with Crippen LogP contribution in [0.3, 0.4) is 0 Å². The van der Waals surface area contributed by atoms with E-state index in [2.05, 4.69) is 9.72 Å². The van der Waals surface area contributed by atoms with Crippen molar-refractivity contribution in [1.82, 2.24) is 4.98 Å². The number of aromatic nitrogens is 1. The Hall–Kier alpha value is -4.34. The highest BCUT2D eigenvalue weighted by molar-refractivity contribution is 6.51. The molecule has 2 aromatic carbocycles. The second-order valence-electron chi connectivity index (χ2n) is 9.89. The summed E-state index contributed by atoms with van der Waals surface area (Å²) < 4.78 is 48.4. The lowest BCUT2D eigenvalue weighted by atomic mass is 9.84. The normalized spacial score (nSPS) is 17.4. The average Bonchev–Trinajstić information content (AvgIpc) is 3.13. The number of aliphatic hydroxyl groups excluding tert-OH is 1. The molecular weight excluding hydrogens is 513 g/mol. The number of carbonyl (C=O) groups excluding carboxylic acids is 2. The number of alkyl halides is 3. The quantitative estimate of drug-likeness (QED) is 0.224. The van der Waals surface area contributed by atoms with E-state index in [1.165, 1.54) is 24.5 Å². The first-order chi connectivity index (χ1) is 18.3. The zero-order valence-corrected chi connectivity index (χ0v) is 21.7. The number of Topliss-reactive ketones (excluding diaryl/α,β-unsaturated/α-hetero) is 1. The fourth-order valence-electron chi connectivity index (χ4n) is 4.48. The summed E-state index contributed by atoms with van der Waals surface area (Å²) in [7, 11) is 0. The molecule has 10 heteroatoms. The van der Waals surface area contributed by atoms with Gasteiger partial charge in [-0.05, 0) is 54.3 Å². The van der Waals surface area contributed by atoms with Crippen LogP contribution in [0.2, 0.25) is 0 Å². The largest absolute Gasteiger partial charge is 0.573 e. The number of ether oxygens (including phenoxy) is 2. The van der Waals surface area contributed by atoms with Gasteiger partial charge in [0.2, 0.25) is 0 Å². The van der Waals surface area contributed by atoms with Crippen LogP contribution in [0.25, 0.3) is 5.76 Å². The van der Waals surface area contributed by atoms with E-state index in [0.29, 0.717) is 17.9 Å². The molecule has 7 nitrogen and oxygen atoms in total. The van der Waals surface area contributed by atoms with Crippen LogP contribution in [0.1, 0.15) is 50.4 Å². The zero-order valence-electron chi connectivity index (χ0n) is 21.7. The number of amides is 1. The van der Waals surface area contributed by atoms with E-state index in [9.17, 15) is 27.9 Å². The fraction of sp³-hybridized carbons (Fsp3) is 0.276. The topological polar surface area (TPSA) is 89.0 Å². The van der Waals surface area contributed by atoms with E-state index >= 15 is 0 Å². The molecule has 0 radical (unpaired) electrons. The maximum absolute atomic E-state index is 13.4. The molecule has 0 saturated carbocycles. The number of rotatable bonds is 6. The molecule has 1 N–H and O–H groups in total. The number of hydrogen-bond donors (Lipinski definition) is 1. The highest BCUT2D eigenvalue weighted by Crippen LogP contribution is 2.43. The van der Waals surface area contributed by atoms with Crippen LogP contribution in [0, 0.1) is 0 Å². The summed E-state index contributed by atoms with van der Waals surface area (Å²) in [5, 5.41) is 11.5. The SMILES string of the molecule is CCOc1ccc(/C(O)=C2/C(=O)C(=O)N(c3cccc(OC(F)(F)F)c3)C2c2cccnc2)cc1C(C)(C)C. The Balaban J connectivity index is 1.91. The number of benzene rings is 2. The summed E-state index contributed by atoms with van der Waals surface area (Å²) in [5.41, 5.74) is 0.812. The second-order valence-corrected chi connectivity index (χ2v) is 9.89. The number of halogens is 3. The summed E-state index contributed by atoms with van der Waals surface area (Å²) in [6.07, 6.45) is -2.03. The first-order valence-corrected chi connectivity index (χ1v) is 12.2. The molecule has 1 saturated heterocycles. The van der Waals surface area contributed by atoms with Crippen molar-refractivity contribution in [3.8, 4) is 11.5 Å². The van der Waals surface area contributed by atoms with E-state index in [4.69, 9.17) is 4.74 Å². The van der Waals surface area contributed by atoms with Gasteiger partial charge in [-0.25, -0.2) is 0 Å². The Morgan fingerprint density at radius 2 is 1.79 bits per heavy atom. The minimum absolute atomic E-state index is 0.0196. The molecule has 1 atom stereocenters. The Bertz CT molecular complexity index is 1430. The molecule has 3 aromatic rings. The fourth-order valence-corrected chi connectivity index (χ4v) is 4.48. The number of nitrogens with zero attached hydrogens (tertiary/aromatic N) is 2. The van der Waals surface area contributed by atoms with Crippen LogP contribution in [0.15, 0.2) is 72.6 Å². The van der Waals surface area contributed by atoms with E-state index in [1.807, 2.05) is 27.7 Å². The van der Waals surface area contributed by atoms with Gasteiger partial charge >= 0.3 is 6.36 Å². The predicted molar refractivity (Wildman–Crippen MR) is 138 cm³/mol. The van der Waals surface area contributed by atoms with Crippen molar-refractivity contribution in [3.63, 3.8) is 0 Å². The van der Waals surface area contributed by atoms with Gasteiger partial charge < -0.3 is 14.6 Å². The number of carbonyl (C=O) groups is 2. The molecule has 1 fully saturated rings. The van der Waals surface area contributed by atoms with Crippen LogP contribution in [-0.2, 0) is 15.0 Å². The second kappa shape index (κ2) is 10.4. The summed E-state index contributed by atoms with van der Waals surface area (Å²) in [6.45, 7) is 8.19. The molecule has 1 amide bonds. The minimum Gasteiger partial charge on any atom is -0.507 e. The summed E-state index contributed by atoms with van der Waals surface area (Å²) in [6, 6.07) is 11.8. The number of anilines is 1. The van der Waals surface area contributed by atoms with Crippen molar-refractivity contribution < 1.29 is 37.3 Å². The zero-order chi connectivity index (χ0) is 28.5. The predicted octanol–water partition coefficient (Wildman–Crippen LogP) is 6.30. The van der Waals surface area contributed by atoms with Gasteiger partial charge in [0.15, 0.2) is 0 Å². The number of ketones is 1. The van der Waals surface area contributed by atoms with Crippen molar-refractivity contribution in [2.45, 2.75) is 45.5 Å². The highest BCUT2D eigenvalue weighted by atomic mass is 19.4. The van der Waals surface area contributed by atoms with E-state index < -0.39 is 35.6 Å². The molecule has 4 rings (SSSR count). The van der Waals surface area contributed by atoms with Crippen LogP contribution in [0.5, 0.6) is 11.5 Å². The Morgan fingerprint density at radius 1 is 1.05 bits per heavy atom. The van der Waals surface area contributed by atoms with Crippen LogP contribution < -0.4 is 14.4 Å². The standard InChI is InChI=1S/C29H27F3N2O5/c1-5-38-22-12-11-17(14-21(22)28(2,3)4)25(35)23-24(18-8-7-13-33-16-18)34(27(37)26(23)36)19-9-6-10-20(15-19)39-29(30,31)32/h6-16,24,35H,5H2,1-4H3/b25-23-. The Labute approximate surface area is 223 Å². The van der Waals surface area contributed by atoms with E-state index in [1.54, 1.807) is 30.3 Å². The first-order valence-electron chi connectivity index (χ1n) is 12.2. The van der Waals surface area contributed by atoms with Gasteiger partial charge in [-0.3, -0.25) is 19.5 Å². The van der Waals surface area contributed by atoms with Gasteiger partial charge in [0.25, 0.3) is 11.7 Å². The van der Waals surface area contributed by atoms with E-state index in [-0.39, 0.29) is 22.2 Å². The van der Waals surface area contributed by atoms with E-state index in [0.717, 1.165) is 22.6 Å². The molecule has 0 spiro atoms. The number of hydrogen-bond acceptors (Lipinski definition) is 6. The maximum Gasteiger partial charge on any atom is 0.573 e. The molecule has 2 heterocycles. The summed E-state index contributed by atoms with van der Waals surface area (Å²) in [5.74, 6) is -2.38. The lowest BCUT2D eigenvalue weighted by Gasteiger charge is -2.26. The monoisotopic (exact) mass is 540 g/mol. The van der Waals surface area contributed by atoms with Gasteiger partial charge in [0, 0.05) is 35.3 Å². The van der Waals surface area contributed by atoms with Gasteiger partial charge in [0.05, 0.1) is 18.2 Å². The first kappa shape index (κ1) is 27.7. The summed E-state index contributed by atoms with van der Waals surface area (Å²) >= 11 is 0. The third-order valence-corrected chi connectivity index (χ3v) is 6.13. The van der Waals surface area contributed by atoms with Crippen LogP contribution in [0.4, 0.5) is 18.9 Å². The van der Waals surface area contributed by atoms with Crippen molar-refractivity contribution in [1.29, 1.82) is 0 Å². The van der Waals surface area contributed by atoms with Gasteiger partial charge in [0.1, 0.15) is 17.3 Å². The smallest absolute Gasteiger partial charge is 0.507 e. The van der Waals surface area contributed by atoms with Crippen molar-refractivity contribution in [2.75, 3.05) is 11.5 Å². The Kier molecular flexibility index (Phi) is 7.41. The molecule has 1 unspecified atom stereocenters. The molecule has 204 valence electrons. The van der Waals surface area contributed by atoms with Crippen LogP contribution in [-0.4, -0.2) is 34.8 Å². The number of aliphatic hydroxyl groups is 1. The lowest BCUT2D eigenvalue weighted by molar-refractivity contribution is -0.274. The van der Waals surface area contributed by atoms with Crippen molar-refractivity contribution in [2.24, 2.45) is 0 Å². The summed E-state index contributed by atoms with van der Waals surface area (Å²) in [4.78, 5) is 31.8. The molecule has 1 aromatic heterocycles. The lowest BCUT2D eigenvalue weighted by Crippen LogP contribution is -2.29. The van der Waals surface area contributed by atoms with Gasteiger partial charge in [-0.2, -0.15) is 0 Å². The molecule has 1 aliphatic heterocycles.